The van der Waals surface area contributed by atoms with Crippen LogP contribution in [0.1, 0.15) is 19.8 Å². The third-order valence-electron chi connectivity index (χ3n) is 2.44. The summed E-state index contributed by atoms with van der Waals surface area (Å²) in [7, 11) is 1.62. The van der Waals surface area contributed by atoms with Crippen LogP contribution in [0.3, 0.4) is 0 Å². The molecule has 0 radical (unpaired) electrons. The highest BCUT2D eigenvalue weighted by molar-refractivity contribution is 5.85. The first-order chi connectivity index (χ1) is 5.21. The van der Waals surface area contributed by atoms with Crippen LogP contribution in [0.4, 0.5) is 0 Å². The monoisotopic (exact) mass is 157 g/mol. The molecule has 3 nitrogen and oxygen atoms in total. The van der Waals surface area contributed by atoms with Gasteiger partial charge in [0.25, 0.3) is 0 Å². The Balaban J connectivity index is 2.64. The van der Waals surface area contributed by atoms with E-state index in [0.717, 1.165) is 25.9 Å². The zero-order valence-corrected chi connectivity index (χ0v) is 7.14. The average molecular weight is 157 g/mol. The summed E-state index contributed by atoms with van der Waals surface area (Å²) < 4.78 is 5.25. The van der Waals surface area contributed by atoms with Gasteiger partial charge < -0.3 is 10.1 Å². The molecule has 1 rings (SSSR count). The van der Waals surface area contributed by atoms with Gasteiger partial charge in [-0.05, 0) is 32.9 Å². The zero-order chi connectivity index (χ0) is 8.32. The van der Waals surface area contributed by atoms with E-state index in [1.54, 1.807) is 14.0 Å². The third kappa shape index (κ3) is 1.60. The molecule has 0 saturated carbocycles. The van der Waals surface area contributed by atoms with Gasteiger partial charge in [0.2, 0.25) is 0 Å². The van der Waals surface area contributed by atoms with Crippen LogP contribution >= 0.6 is 0 Å². The van der Waals surface area contributed by atoms with Crippen LogP contribution in [0.25, 0.3) is 0 Å². The molecular formula is C8H15NO2. The molecule has 1 aliphatic rings. The maximum atomic E-state index is 11.2. The number of rotatable bonds is 2. The van der Waals surface area contributed by atoms with Crippen molar-refractivity contribution in [1.29, 1.82) is 0 Å². The Morgan fingerprint density at radius 2 is 2.00 bits per heavy atom. The van der Waals surface area contributed by atoms with E-state index in [1.165, 1.54) is 0 Å². The molecule has 0 amide bonds. The summed E-state index contributed by atoms with van der Waals surface area (Å²) in [6, 6.07) is 0. The van der Waals surface area contributed by atoms with Crippen molar-refractivity contribution in [3.05, 3.63) is 0 Å². The minimum atomic E-state index is -0.481. The number of carbonyl (C=O) groups excluding carboxylic acids is 1. The van der Waals surface area contributed by atoms with Crippen molar-refractivity contribution < 1.29 is 9.53 Å². The van der Waals surface area contributed by atoms with Crippen LogP contribution in [0, 0.1) is 0 Å². The Bertz CT molecular complexity index is 150. The summed E-state index contributed by atoms with van der Waals surface area (Å²) in [5.74, 6) is 0.154. The highest BCUT2D eigenvalue weighted by atomic mass is 16.5. The number of nitrogens with one attached hydrogen (secondary N) is 1. The second-order valence-electron chi connectivity index (χ2n) is 3.00. The average Bonchev–Trinajstić information content (AvgIpc) is 2.05. The number of carbonyl (C=O) groups is 1. The summed E-state index contributed by atoms with van der Waals surface area (Å²) in [6.45, 7) is 3.37. The molecule has 64 valence electrons. The van der Waals surface area contributed by atoms with Crippen LogP contribution in [0.2, 0.25) is 0 Å². The summed E-state index contributed by atoms with van der Waals surface area (Å²) in [5.41, 5.74) is -0.481. The number of hydrogen-bond donors (Lipinski definition) is 1. The van der Waals surface area contributed by atoms with E-state index in [1.807, 2.05) is 0 Å². The standard InChI is InChI=1S/C8H15NO2/c1-7(10)8(11-2)3-5-9-6-4-8/h9H,3-6H2,1-2H3. The van der Waals surface area contributed by atoms with Crippen molar-refractivity contribution in [2.75, 3.05) is 20.2 Å². The number of hydrogen-bond acceptors (Lipinski definition) is 3. The van der Waals surface area contributed by atoms with Crippen molar-refractivity contribution in [3.8, 4) is 0 Å². The lowest BCUT2D eigenvalue weighted by Gasteiger charge is -2.33. The van der Waals surface area contributed by atoms with E-state index in [2.05, 4.69) is 5.32 Å². The smallest absolute Gasteiger partial charge is 0.161 e. The van der Waals surface area contributed by atoms with Gasteiger partial charge in [0.1, 0.15) is 5.60 Å². The molecule has 11 heavy (non-hydrogen) atoms. The van der Waals surface area contributed by atoms with Crippen molar-refractivity contribution in [2.24, 2.45) is 0 Å². The lowest BCUT2D eigenvalue weighted by Crippen LogP contribution is -2.48. The van der Waals surface area contributed by atoms with Crippen molar-refractivity contribution in [3.63, 3.8) is 0 Å². The normalized spacial score (nSPS) is 23.1. The van der Waals surface area contributed by atoms with Crippen LogP contribution in [0.15, 0.2) is 0 Å². The van der Waals surface area contributed by atoms with Gasteiger partial charge in [-0.25, -0.2) is 0 Å². The van der Waals surface area contributed by atoms with E-state index in [0.29, 0.717) is 0 Å². The fourth-order valence-corrected chi connectivity index (χ4v) is 1.53. The molecule has 0 bridgehead atoms. The van der Waals surface area contributed by atoms with E-state index in [4.69, 9.17) is 4.74 Å². The van der Waals surface area contributed by atoms with Crippen molar-refractivity contribution >= 4 is 5.78 Å². The highest BCUT2D eigenvalue weighted by Crippen LogP contribution is 2.22. The minimum Gasteiger partial charge on any atom is -0.370 e. The third-order valence-corrected chi connectivity index (χ3v) is 2.44. The number of Topliss-reactive ketones (excluding diaryl/α,β-unsaturated/α-hetero) is 1. The molecule has 0 atom stereocenters. The molecule has 0 spiro atoms. The molecule has 0 aromatic carbocycles. The molecule has 1 heterocycles. The summed E-state index contributed by atoms with van der Waals surface area (Å²) in [4.78, 5) is 11.2. The molecule has 3 heteroatoms. The van der Waals surface area contributed by atoms with E-state index in [9.17, 15) is 4.79 Å². The largest absolute Gasteiger partial charge is 0.370 e. The molecule has 0 unspecified atom stereocenters. The van der Waals surface area contributed by atoms with Crippen LogP contribution in [0.5, 0.6) is 0 Å². The van der Waals surface area contributed by atoms with Crippen LogP contribution in [-0.4, -0.2) is 31.6 Å². The molecule has 1 N–H and O–H groups in total. The van der Waals surface area contributed by atoms with Gasteiger partial charge in [0, 0.05) is 7.11 Å². The summed E-state index contributed by atoms with van der Waals surface area (Å²) in [6.07, 6.45) is 1.61. The maximum Gasteiger partial charge on any atom is 0.161 e. The summed E-state index contributed by atoms with van der Waals surface area (Å²) in [5, 5.41) is 3.20. The Morgan fingerprint density at radius 3 is 2.27 bits per heavy atom. The number of ether oxygens (including phenoxy) is 1. The maximum absolute atomic E-state index is 11.2. The van der Waals surface area contributed by atoms with Crippen molar-refractivity contribution in [1.82, 2.24) is 5.32 Å². The van der Waals surface area contributed by atoms with Gasteiger partial charge in [0.05, 0.1) is 0 Å². The Labute approximate surface area is 67.1 Å². The van der Waals surface area contributed by atoms with E-state index in [-0.39, 0.29) is 5.78 Å². The second kappa shape index (κ2) is 3.32. The van der Waals surface area contributed by atoms with Crippen LogP contribution < -0.4 is 5.32 Å². The number of methoxy groups -OCH3 is 1. The van der Waals surface area contributed by atoms with E-state index < -0.39 is 5.60 Å². The fraction of sp³-hybridized carbons (Fsp3) is 0.875. The lowest BCUT2D eigenvalue weighted by atomic mass is 9.88. The SMILES string of the molecule is COC1(C(C)=O)CCNCC1. The van der Waals surface area contributed by atoms with E-state index >= 15 is 0 Å². The van der Waals surface area contributed by atoms with Gasteiger partial charge in [-0.15, -0.1) is 0 Å². The Hall–Kier alpha value is -0.410. The Kier molecular flexibility index (Phi) is 2.62. The second-order valence-corrected chi connectivity index (χ2v) is 3.00. The predicted molar refractivity (Wildman–Crippen MR) is 42.5 cm³/mol. The first-order valence-corrected chi connectivity index (χ1v) is 3.98. The molecular weight excluding hydrogens is 142 g/mol. The van der Waals surface area contributed by atoms with Gasteiger partial charge in [-0.3, -0.25) is 4.79 Å². The fourth-order valence-electron chi connectivity index (χ4n) is 1.53. The molecule has 1 saturated heterocycles. The highest BCUT2D eigenvalue weighted by Gasteiger charge is 2.36. The predicted octanol–water partition coefficient (Wildman–Crippen LogP) is 0.344. The molecule has 0 aromatic rings. The topological polar surface area (TPSA) is 38.3 Å². The number of ketones is 1. The lowest BCUT2D eigenvalue weighted by molar-refractivity contribution is -0.141. The van der Waals surface area contributed by atoms with Crippen molar-refractivity contribution in [2.45, 2.75) is 25.4 Å². The molecule has 0 aliphatic carbocycles. The first kappa shape index (κ1) is 8.68. The molecule has 1 fully saturated rings. The molecule has 0 aromatic heterocycles. The Morgan fingerprint density at radius 1 is 1.45 bits per heavy atom. The zero-order valence-electron chi connectivity index (χ0n) is 7.14. The molecule has 1 aliphatic heterocycles. The van der Waals surface area contributed by atoms with Crippen LogP contribution in [-0.2, 0) is 9.53 Å². The summed E-state index contributed by atoms with van der Waals surface area (Å²) >= 11 is 0. The number of piperidine rings is 1. The minimum absolute atomic E-state index is 0.154. The first-order valence-electron chi connectivity index (χ1n) is 3.98. The quantitative estimate of drug-likeness (QED) is 0.628. The van der Waals surface area contributed by atoms with Gasteiger partial charge in [-0.1, -0.05) is 0 Å². The van der Waals surface area contributed by atoms with Gasteiger partial charge in [0.15, 0.2) is 5.78 Å². The van der Waals surface area contributed by atoms with Gasteiger partial charge in [-0.2, -0.15) is 0 Å². The van der Waals surface area contributed by atoms with Gasteiger partial charge >= 0.3 is 0 Å².